The third-order valence-electron chi connectivity index (χ3n) is 2.43. The molecule has 0 aliphatic carbocycles. The van der Waals surface area contributed by atoms with E-state index >= 15 is 0 Å². The summed E-state index contributed by atoms with van der Waals surface area (Å²) < 4.78 is 0. The summed E-state index contributed by atoms with van der Waals surface area (Å²) in [7, 11) is 0. The zero-order chi connectivity index (χ0) is 9.97. The summed E-state index contributed by atoms with van der Waals surface area (Å²) in [6.07, 6.45) is 5.26. The first-order valence-corrected chi connectivity index (χ1v) is 5.11. The van der Waals surface area contributed by atoms with E-state index in [1.165, 1.54) is 0 Å². The molecule has 1 aliphatic rings. The van der Waals surface area contributed by atoms with E-state index in [1.807, 2.05) is 0 Å². The summed E-state index contributed by atoms with van der Waals surface area (Å²) in [5, 5.41) is 0.572. The molecule has 4 nitrogen and oxygen atoms in total. The first-order valence-electron chi connectivity index (χ1n) is 4.74. The molecule has 1 aliphatic heterocycles. The van der Waals surface area contributed by atoms with Crippen molar-refractivity contribution < 1.29 is 0 Å². The molecular formula is C9H13ClN4. The van der Waals surface area contributed by atoms with Gasteiger partial charge in [0.2, 0.25) is 5.95 Å². The molecule has 2 rings (SSSR count). The predicted molar refractivity (Wildman–Crippen MR) is 56.5 cm³/mol. The Morgan fingerprint density at radius 2 is 1.86 bits per heavy atom. The van der Waals surface area contributed by atoms with Crippen molar-refractivity contribution in [3.63, 3.8) is 0 Å². The van der Waals surface area contributed by atoms with Gasteiger partial charge >= 0.3 is 0 Å². The maximum absolute atomic E-state index is 5.81. The number of nitrogens with two attached hydrogens (primary N) is 1. The van der Waals surface area contributed by atoms with Gasteiger partial charge in [-0.05, 0) is 12.8 Å². The Kier molecular flexibility index (Phi) is 2.84. The van der Waals surface area contributed by atoms with Crippen LogP contribution in [0, 0.1) is 0 Å². The van der Waals surface area contributed by atoms with Crippen LogP contribution in [0.2, 0.25) is 5.02 Å². The topological polar surface area (TPSA) is 55.0 Å². The zero-order valence-electron chi connectivity index (χ0n) is 7.86. The molecule has 2 N–H and O–H groups in total. The molecule has 0 unspecified atom stereocenters. The van der Waals surface area contributed by atoms with Crippen LogP contribution >= 0.6 is 11.6 Å². The lowest BCUT2D eigenvalue weighted by atomic mass is 10.1. The van der Waals surface area contributed by atoms with Gasteiger partial charge in [0.1, 0.15) is 0 Å². The number of hydrogen-bond acceptors (Lipinski definition) is 4. The number of hydrogen-bond donors (Lipinski definition) is 1. The third kappa shape index (κ3) is 2.13. The van der Waals surface area contributed by atoms with Crippen molar-refractivity contribution >= 4 is 17.5 Å². The number of piperidine rings is 1. The van der Waals surface area contributed by atoms with Crippen molar-refractivity contribution in [3.05, 3.63) is 17.4 Å². The summed E-state index contributed by atoms with van der Waals surface area (Å²) in [6, 6.07) is 0.332. The van der Waals surface area contributed by atoms with Crippen LogP contribution in [0.5, 0.6) is 0 Å². The van der Waals surface area contributed by atoms with Gasteiger partial charge in [0, 0.05) is 19.1 Å². The molecular weight excluding hydrogens is 200 g/mol. The molecule has 0 aromatic carbocycles. The lowest BCUT2D eigenvalue weighted by Gasteiger charge is -2.29. The van der Waals surface area contributed by atoms with Gasteiger partial charge in [-0.25, -0.2) is 9.97 Å². The van der Waals surface area contributed by atoms with Gasteiger partial charge in [-0.15, -0.1) is 0 Å². The number of nitrogens with zero attached hydrogens (tertiary/aromatic N) is 3. The summed E-state index contributed by atoms with van der Waals surface area (Å²) in [5.41, 5.74) is 5.81. The van der Waals surface area contributed by atoms with Crippen LogP contribution in [0.1, 0.15) is 12.8 Å². The molecule has 0 amide bonds. The molecule has 0 atom stereocenters. The normalized spacial score (nSPS) is 18.6. The van der Waals surface area contributed by atoms with E-state index in [0.29, 0.717) is 11.1 Å². The zero-order valence-corrected chi connectivity index (χ0v) is 8.61. The molecule has 0 bridgehead atoms. The van der Waals surface area contributed by atoms with Crippen LogP contribution in [-0.2, 0) is 0 Å². The number of anilines is 1. The van der Waals surface area contributed by atoms with Gasteiger partial charge in [-0.3, -0.25) is 0 Å². The van der Waals surface area contributed by atoms with E-state index in [2.05, 4.69) is 14.9 Å². The van der Waals surface area contributed by atoms with Crippen LogP contribution in [0.25, 0.3) is 0 Å². The monoisotopic (exact) mass is 212 g/mol. The van der Waals surface area contributed by atoms with E-state index in [0.717, 1.165) is 31.9 Å². The van der Waals surface area contributed by atoms with Crippen molar-refractivity contribution in [1.29, 1.82) is 0 Å². The largest absolute Gasteiger partial charge is 0.341 e. The minimum Gasteiger partial charge on any atom is -0.341 e. The molecule has 1 aromatic heterocycles. The molecule has 1 fully saturated rings. The Morgan fingerprint density at radius 1 is 1.29 bits per heavy atom. The van der Waals surface area contributed by atoms with E-state index in [-0.39, 0.29) is 0 Å². The Hall–Kier alpha value is -0.870. The standard InChI is InChI=1S/C9H13ClN4/c10-7-5-12-9(13-6-7)14-3-1-8(11)2-4-14/h5-6,8H,1-4,11H2. The SMILES string of the molecule is NC1CCN(c2ncc(Cl)cn2)CC1. The fourth-order valence-corrected chi connectivity index (χ4v) is 1.67. The molecule has 14 heavy (non-hydrogen) atoms. The van der Waals surface area contributed by atoms with E-state index in [4.69, 9.17) is 17.3 Å². The molecule has 76 valence electrons. The maximum Gasteiger partial charge on any atom is 0.225 e. The Bertz CT molecular complexity index is 292. The van der Waals surface area contributed by atoms with Crippen molar-refractivity contribution in [2.75, 3.05) is 18.0 Å². The average molecular weight is 213 g/mol. The van der Waals surface area contributed by atoms with Gasteiger partial charge in [0.05, 0.1) is 17.4 Å². The lowest BCUT2D eigenvalue weighted by Crippen LogP contribution is -2.40. The van der Waals surface area contributed by atoms with Crippen molar-refractivity contribution in [1.82, 2.24) is 9.97 Å². The third-order valence-corrected chi connectivity index (χ3v) is 2.62. The second kappa shape index (κ2) is 4.11. The Morgan fingerprint density at radius 3 is 2.43 bits per heavy atom. The van der Waals surface area contributed by atoms with Crippen LogP contribution in [-0.4, -0.2) is 29.1 Å². The maximum atomic E-state index is 5.81. The van der Waals surface area contributed by atoms with Crippen LogP contribution < -0.4 is 10.6 Å². The van der Waals surface area contributed by atoms with Crippen LogP contribution in [0.4, 0.5) is 5.95 Å². The second-order valence-corrected chi connectivity index (χ2v) is 3.96. The highest BCUT2D eigenvalue weighted by molar-refractivity contribution is 6.30. The van der Waals surface area contributed by atoms with E-state index < -0.39 is 0 Å². The summed E-state index contributed by atoms with van der Waals surface area (Å²) in [4.78, 5) is 10.5. The lowest BCUT2D eigenvalue weighted by molar-refractivity contribution is 0.495. The second-order valence-electron chi connectivity index (χ2n) is 3.53. The molecule has 2 heterocycles. The first kappa shape index (κ1) is 9.68. The van der Waals surface area contributed by atoms with E-state index in [1.54, 1.807) is 12.4 Å². The molecule has 0 saturated carbocycles. The highest BCUT2D eigenvalue weighted by Crippen LogP contribution is 2.15. The molecule has 1 aromatic rings. The van der Waals surface area contributed by atoms with Gasteiger partial charge in [-0.2, -0.15) is 0 Å². The Balaban J connectivity index is 2.05. The van der Waals surface area contributed by atoms with Crippen molar-refractivity contribution in [2.45, 2.75) is 18.9 Å². The molecule has 1 saturated heterocycles. The summed E-state index contributed by atoms with van der Waals surface area (Å²) in [5.74, 6) is 0.751. The highest BCUT2D eigenvalue weighted by atomic mass is 35.5. The van der Waals surface area contributed by atoms with Crippen molar-refractivity contribution in [2.24, 2.45) is 5.73 Å². The van der Waals surface area contributed by atoms with Gasteiger partial charge in [-0.1, -0.05) is 11.6 Å². The highest BCUT2D eigenvalue weighted by Gasteiger charge is 2.17. The quantitative estimate of drug-likeness (QED) is 0.757. The van der Waals surface area contributed by atoms with E-state index in [9.17, 15) is 0 Å². The van der Waals surface area contributed by atoms with Gasteiger partial charge in [0.25, 0.3) is 0 Å². The Labute approximate surface area is 88.1 Å². The molecule has 0 radical (unpaired) electrons. The van der Waals surface area contributed by atoms with Crippen LogP contribution in [0.3, 0.4) is 0 Å². The number of halogens is 1. The van der Waals surface area contributed by atoms with Crippen molar-refractivity contribution in [3.8, 4) is 0 Å². The van der Waals surface area contributed by atoms with Gasteiger partial charge < -0.3 is 10.6 Å². The molecule has 5 heteroatoms. The van der Waals surface area contributed by atoms with Gasteiger partial charge in [0.15, 0.2) is 0 Å². The molecule has 0 spiro atoms. The summed E-state index contributed by atoms with van der Waals surface area (Å²) >= 11 is 5.71. The minimum absolute atomic E-state index is 0.332. The fraction of sp³-hybridized carbons (Fsp3) is 0.556. The number of rotatable bonds is 1. The smallest absolute Gasteiger partial charge is 0.225 e. The average Bonchev–Trinajstić information content (AvgIpc) is 2.21. The predicted octanol–water partition coefficient (Wildman–Crippen LogP) is 1.06. The van der Waals surface area contributed by atoms with Crippen LogP contribution in [0.15, 0.2) is 12.4 Å². The fourth-order valence-electron chi connectivity index (χ4n) is 1.57. The minimum atomic E-state index is 0.332. The number of aromatic nitrogens is 2. The first-order chi connectivity index (χ1) is 6.75. The summed E-state index contributed by atoms with van der Waals surface area (Å²) in [6.45, 7) is 1.87.